The molecule has 0 aromatic heterocycles. The molecule has 0 aliphatic carbocycles. The Bertz CT molecular complexity index is 3170. The average Bonchev–Trinajstić information content (AvgIpc) is 1.59. The standard InChI is InChI=1S/2C33H42N4O6.5C4H8O.2K.2Mn/c2*1-31(2,3)41-28(38)34-22-16-10-13-19-25(22)37(26-20-14-11-17-23(26)35-29(39)42-32(4,5)6)27-21-15-12-18-24(27)36-30(40)43-33(7,8)9;5*1-2-4-5-3-1;;;;/h2*10-21H,1-9H3,(H3,34,35,36,38,39,40);5*1-4H2;;;;/q;;;;;;;2*+1;2*+2/p-6. The molecule has 5 saturated heterocycles. The molecule has 0 saturated carbocycles. The van der Waals surface area contributed by atoms with Crippen LogP contribution in [0.4, 0.5) is 97.0 Å². The van der Waals surface area contributed by atoms with Crippen molar-refractivity contribution in [1.82, 2.24) is 0 Å². The van der Waals surface area contributed by atoms with Gasteiger partial charge in [0.1, 0.15) is 33.6 Å². The largest absolute Gasteiger partial charge is 2.00 e. The predicted octanol–water partition coefficient (Wildman–Crippen LogP) is 19.9. The van der Waals surface area contributed by atoms with Gasteiger partial charge < -0.3 is 93.8 Å². The second-order valence-electron chi connectivity index (χ2n) is 31.8. The molecule has 25 nitrogen and oxygen atoms in total. The van der Waals surface area contributed by atoms with E-state index >= 15 is 0 Å². The smallest absolute Gasteiger partial charge is 0.589 e. The first-order chi connectivity index (χ1) is 52.3. The maximum absolute atomic E-state index is 12.8. The van der Waals surface area contributed by atoms with E-state index in [-0.39, 0.29) is 171 Å². The Morgan fingerprint density at radius 3 is 0.443 bits per heavy atom. The van der Waals surface area contributed by atoms with Crippen molar-refractivity contribution in [2.24, 2.45) is 0 Å². The quantitative estimate of drug-likeness (QED) is 0.0812. The maximum Gasteiger partial charge on any atom is 2.00 e. The van der Waals surface area contributed by atoms with Crippen molar-refractivity contribution in [1.29, 1.82) is 0 Å². The fraction of sp³-hybridized carbons (Fsp3) is 0.512. The molecule has 6 amide bonds. The van der Waals surface area contributed by atoms with Gasteiger partial charge in [0.15, 0.2) is 0 Å². The molecule has 6 aromatic rings. The Kier molecular flexibility index (Phi) is 51.3. The number of hydrogen-bond acceptors (Lipinski definition) is 19. The first-order valence-corrected chi connectivity index (χ1v) is 38.1. The van der Waals surface area contributed by atoms with E-state index in [1.807, 2.05) is 0 Å². The van der Waals surface area contributed by atoms with E-state index in [0.717, 1.165) is 66.1 Å². The molecule has 2 radical (unpaired) electrons. The molecule has 0 bridgehead atoms. The fourth-order valence-corrected chi connectivity index (χ4v) is 10.1. The minimum Gasteiger partial charge on any atom is -0.589 e. The zero-order valence-corrected chi connectivity index (χ0v) is 79.9. The summed E-state index contributed by atoms with van der Waals surface area (Å²) in [6, 6.07) is 41.5. The molecule has 11 rings (SSSR count). The van der Waals surface area contributed by atoms with Gasteiger partial charge >= 0.3 is 137 Å². The van der Waals surface area contributed by atoms with E-state index in [4.69, 9.17) is 52.1 Å². The number of ether oxygens (including phenoxy) is 11. The van der Waals surface area contributed by atoms with Gasteiger partial charge in [-0.15, -0.1) is 34.1 Å². The molecule has 6 aromatic carbocycles. The molecular weight excluding hydrogens is 1610 g/mol. The zero-order chi connectivity index (χ0) is 81.7. The van der Waals surface area contributed by atoms with E-state index in [9.17, 15) is 28.8 Å². The molecule has 0 atom stereocenters. The normalized spacial score (nSPS) is 13.9. The molecule has 5 aliphatic rings. The number of hydrogen-bond donors (Lipinski definition) is 0. The number of amides is 6. The van der Waals surface area contributed by atoms with Crippen LogP contribution in [0.25, 0.3) is 31.9 Å². The van der Waals surface area contributed by atoms with Gasteiger partial charge in [-0.05, 0) is 225 Å². The molecular formula is C86H118K2Mn2N8O17. The third kappa shape index (κ3) is 46.1. The first-order valence-electron chi connectivity index (χ1n) is 38.1. The number of benzene rings is 6. The summed E-state index contributed by atoms with van der Waals surface area (Å²) in [5, 5.41) is 25.5. The molecule has 29 heteroatoms. The molecule has 620 valence electrons. The topological polar surface area (TPSA) is 295 Å². The molecule has 5 fully saturated rings. The Morgan fingerprint density at radius 2 is 0.348 bits per heavy atom. The van der Waals surface area contributed by atoms with Crippen LogP contribution in [0.15, 0.2) is 146 Å². The molecule has 5 heterocycles. The van der Waals surface area contributed by atoms with Gasteiger partial charge in [-0.25, -0.2) is 0 Å². The molecule has 0 unspecified atom stereocenters. The van der Waals surface area contributed by atoms with Crippen LogP contribution in [0.5, 0.6) is 0 Å². The number of carbonyl (C=O) groups excluding carboxylic acids is 6. The van der Waals surface area contributed by atoms with Crippen LogP contribution in [0, 0.1) is 0 Å². The zero-order valence-electron chi connectivity index (χ0n) is 71.3. The van der Waals surface area contributed by atoms with Gasteiger partial charge in [0.05, 0.1) is 0 Å². The summed E-state index contributed by atoms with van der Waals surface area (Å²) < 4.78 is 57.4. The van der Waals surface area contributed by atoms with Crippen molar-refractivity contribution in [2.75, 3.05) is 75.9 Å². The number of rotatable bonds is 12. The van der Waals surface area contributed by atoms with Crippen molar-refractivity contribution >= 4 is 105 Å². The van der Waals surface area contributed by atoms with Crippen molar-refractivity contribution < 1.29 is 218 Å². The number of nitrogens with zero attached hydrogens (tertiary/aromatic N) is 8. The molecule has 115 heavy (non-hydrogen) atoms. The van der Waals surface area contributed by atoms with Gasteiger partial charge in [0.25, 0.3) is 0 Å². The Morgan fingerprint density at radius 1 is 0.235 bits per heavy atom. The van der Waals surface area contributed by atoms with Crippen LogP contribution in [-0.4, -0.2) is 136 Å². The first kappa shape index (κ1) is 108. The summed E-state index contributed by atoms with van der Waals surface area (Å²) in [4.78, 5) is 80.2. The fourth-order valence-electron chi connectivity index (χ4n) is 10.1. The summed E-state index contributed by atoms with van der Waals surface area (Å²) in [5.74, 6) is 0. The second kappa shape index (κ2) is 54.7. The summed E-state index contributed by atoms with van der Waals surface area (Å²) in [7, 11) is 0. The van der Waals surface area contributed by atoms with Crippen LogP contribution in [-0.2, 0) is 86.2 Å². The maximum atomic E-state index is 12.8. The summed E-state index contributed by atoms with van der Waals surface area (Å²) in [6.45, 7) is 41.5. The SMILES string of the molecule is C1CCOC1.C1CCOC1.C1CCOC1.C1CCOC1.C1CCOC1.CC(C)(C)OC(=O)[N-]c1ccccc1N(c1ccccc1[N-]C(=O)OC(C)(C)C)c1ccccc1[N-]C(=O)OC(C)(C)C.CC(C)(C)OC(=O)[N-]c1ccccc1N(c1ccccc1[N-]C(=O)OC(C)(C)C)c1ccccc1[N-]C(=O)OC(C)(C)C.[K+].[K+].[Mn+2].[Mn+2]. The Balaban J connectivity index is 0.000000849. The third-order valence-electron chi connectivity index (χ3n) is 14.5. The number of anilines is 6. The van der Waals surface area contributed by atoms with Crippen LogP contribution < -0.4 is 113 Å². The van der Waals surface area contributed by atoms with Crippen molar-refractivity contribution in [3.05, 3.63) is 177 Å². The number of para-hydroxylation sites is 12. The predicted molar refractivity (Wildman–Crippen MR) is 438 cm³/mol. The van der Waals surface area contributed by atoms with Gasteiger partial charge in [-0.1, -0.05) is 109 Å². The van der Waals surface area contributed by atoms with Gasteiger partial charge in [-0.2, -0.15) is 0 Å². The van der Waals surface area contributed by atoms with Crippen molar-refractivity contribution in [3.63, 3.8) is 0 Å². The van der Waals surface area contributed by atoms with E-state index < -0.39 is 70.2 Å². The van der Waals surface area contributed by atoms with Crippen LogP contribution in [0.2, 0.25) is 0 Å². The van der Waals surface area contributed by atoms with Crippen molar-refractivity contribution in [3.8, 4) is 0 Å². The van der Waals surface area contributed by atoms with E-state index in [1.165, 1.54) is 64.2 Å². The second-order valence-corrected chi connectivity index (χ2v) is 31.8. The minimum absolute atomic E-state index is 0. The third-order valence-corrected chi connectivity index (χ3v) is 14.5. The minimum atomic E-state index is -0.779. The summed E-state index contributed by atoms with van der Waals surface area (Å²) in [5.41, 5.74) is -0.275. The van der Waals surface area contributed by atoms with Crippen LogP contribution in [0.3, 0.4) is 0 Å². The molecule has 0 spiro atoms. The van der Waals surface area contributed by atoms with E-state index in [2.05, 4.69) is 31.9 Å². The monoisotopic (exact) mass is 1720 g/mol. The number of carbonyl (C=O) groups is 6. The van der Waals surface area contributed by atoms with E-state index in [1.54, 1.807) is 280 Å². The summed E-state index contributed by atoms with van der Waals surface area (Å²) >= 11 is 0. The summed E-state index contributed by atoms with van der Waals surface area (Å²) in [6.07, 6.45) is 8.10. The Hall–Kier alpha value is -5.35. The van der Waals surface area contributed by atoms with Gasteiger partial charge in [0, 0.05) is 100 Å². The van der Waals surface area contributed by atoms with Crippen LogP contribution in [0.1, 0.15) is 189 Å². The van der Waals surface area contributed by atoms with Crippen LogP contribution >= 0.6 is 0 Å². The molecule has 0 N–H and O–H groups in total. The average molecular weight is 1720 g/mol. The molecule has 5 aliphatic heterocycles. The van der Waals surface area contributed by atoms with Gasteiger partial charge in [-0.3, -0.25) is 28.8 Å². The van der Waals surface area contributed by atoms with Crippen molar-refractivity contribution in [2.45, 2.75) is 222 Å². The van der Waals surface area contributed by atoms with Gasteiger partial charge in [0.2, 0.25) is 36.6 Å². The van der Waals surface area contributed by atoms with E-state index in [0.29, 0.717) is 34.1 Å². The Labute approximate surface area is 789 Å².